The van der Waals surface area contributed by atoms with E-state index >= 15 is 0 Å². The van der Waals surface area contributed by atoms with Gasteiger partial charge in [0.1, 0.15) is 5.56 Å². The van der Waals surface area contributed by atoms with E-state index in [1.54, 1.807) is 24.4 Å². The van der Waals surface area contributed by atoms with E-state index in [1.807, 2.05) is 0 Å². The van der Waals surface area contributed by atoms with Crippen molar-refractivity contribution in [3.05, 3.63) is 41.9 Å². The van der Waals surface area contributed by atoms with Crippen LogP contribution in [0.2, 0.25) is 0 Å². The van der Waals surface area contributed by atoms with Crippen molar-refractivity contribution in [2.24, 2.45) is 0 Å². The molecule has 9 heteroatoms. The molecule has 8 nitrogen and oxygen atoms in total. The van der Waals surface area contributed by atoms with Gasteiger partial charge in [0.2, 0.25) is 5.03 Å². The third-order valence-corrected chi connectivity index (χ3v) is 5.74. The SMILES string of the molecule is O=C(O)c1cn(Cc2ccccn2)nc1S(=O)(=O)N1CCCCC1. The van der Waals surface area contributed by atoms with Crippen LogP contribution in [0.3, 0.4) is 0 Å². The van der Waals surface area contributed by atoms with Crippen molar-refractivity contribution in [3.63, 3.8) is 0 Å². The first-order chi connectivity index (χ1) is 11.5. The highest BCUT2D eigenvalue weighted by atomic mass is 32.2. The van der Waals surface area contributed by atoms with E-state index in [4.69, 9.17) is 0 Å². The lowest BCUT2D eigenvalue weighted by atomic mass is 10.2. The summed E-state index contributed by atoms with van der Waals surface area (Å²) in [5.41, 5.74) is 0.357. The molecule has 1 N–H and O–H groups in total. The zero-order chi connectivity index (χ0) is 17.2. The predicted molar refractivity (Wildman–Crippen MR) is 85.1 cm³/mol. The summed E-state index contributed by atoms with van der Waals surface area (Å²) in [5, 5.41) is 13.0. The topological polar surface area (TPSA) is 105 Å². The van der Waals surface area contributed by atoms with Gasteiger partial charge in [-0.3, -0.25) is 9.67 Å². The van der Waals surface area contributed by atoms with E-state index < -0.39 is 21.0 Å². The predicted octanol–water partition coefficient (Wildman–Crippen LogP) is 1.20. The van der Waals surface area contributed by atoms with Crippen molar-refractivity contribution in [1.82, 2.24) is 19.1 Å². The molecular weight excluding hydrogens is 332 g/mol. The zero-order valence-electron chi connectivity index (χ0n) is 13.0. The van der Waals surface area contributed by atoms with Crippen LogP contribution in [0.5, 0.6) is 0 Å². The van der Waals surface area contributed by atoms with E-state index in [0.717, 1.165) is 19.3 Å². The molecule has 3 heterocycles. The van der Waals surface area contributed by atoms with Gasteiger partial charge < -0.3 is 5.11 Å². The van der Waals surface area contributed by atoms with Gasteiger partial charge in [-0.05, 0) is 25.0 Å². The van der Waals surface area contributed by atoms with Crippen molar-refractivity contribution in [1.29, 1.82) is 0 Å². The van der Waals surface area contributed by atoms with Crippen molar-refractivity contribution in [2.75, 3.05) is 13.1 Å². The molecule has 3 rings (SSSR count). The Labute approximate surface area is 139 Å². The van der Waals surface area contributed by atoms with Gasteiger partial charge in [-0.1, -0.05) is 12.5 Å². The van der Waals surface area contributed by atoms with Crippen LogP contribution in [0.15, 0.2) is 35.6 Å². The number of carboxylic acids is 1. The Hall–Kier alpha value is -2.26. The number of aromatic nitrogens is 3. The van der Waals surface area contributed by atoms with E-state index in [0.29, 0.717) is 18.8 Å². The first kappa shape index (κ1) is 16.6. The van der Waals surface area contributed by atoms with Crippen LogP contribution in [0.4, 0.5) is 0 Å². The van der Waals surface area contributed by atoms with Crippen molar-refractivity contribution in [2.45, 2.75) is 30.8 Å². The van der Waals surface area contributed by atoms with Gasteiger partial charge in [0.05, 0.1) is 12.2 Å². The Kier molecular flexibility index (Phi) is 4.63. The first-order valence-corrected chi connectivity index (χ1v) is 9.13. The van der Waals surface area contributed by atoms with Gasteiger partial charge in [0, 0.05) is 25.5 Å². The number of sulfonamides is 1. The minimum atomic E-state index is -3.91. The second-order valence-electron chi connectivity index (χ2n) is 5.64. The third kappa shape index (κ3) is 3.31. The monoisotopic (exact) mass is 350 g/mol. The molecule has 2 aromatic rings. The van der Waals surface area contributed by atoms with Crippen LogP contribution < -0.4 is 0 Å². The summed E-state index contributed by atoms with van der Waals surface area (Å²) in [6.07, 6.45) is 5.38. The number of aromatic carboxylic acids is 1. The maximum absolute atomic E-state index is 12.7. The van der Waals surface area contributed by atoms with Crippen LogP contribution >= 0.6 is 0 Å². The maximum atomic E-state index is 12.7. The van der Waals surface area contributed by atoms with E-state index in [1.165, 1.54) is 15.2 Å². The molecule has 0 atom stereocenters. The standard InChI is InChI=1S/C15H18N4O4S/c20-15(21)13-11-18(10-12-6-2-3-7-16-12)17-14(13)24(22,23)19-8-4-1-5-9-19/h2-3,6-7,11H,1,4-5,8-10H2,(H,20,21). The fourth-order valence-corrected chi connectivity index (χ4v) is 4.32. The van der Waals surface area contributed by atoms with E-state index in [9.17, 15) is 18.3 Å². The maximum Gasteiger partial charge on any atom is 0.340 e. The van der Waals surface area contributed by atoms with Gasteiger partial charge in [-0.25, -0.2) is 13.2 Å². The number of nitrogens with zero attached hydrogens (tertiary/aromatic N) is 4. The minimum Gasteiger partial charge on any atom is -0.478 e. The highest BCUT2D eigenvalue weighted by molar-refractivity contribution is 7.89. The molecule has 0 aromatic carbocycles. The fourth-order valence-electron chi connectivity index (χ4n) is 2.71. The summed E-state index contributed by atoms with van der Waals surface area (Å²) < 4.78 is 28.1. The molecule has 0 bridgehead atoms. The lowest BCUT2D eigenvalue weighted by Gasteiger charge is -2.25. The van der Waals surface area contributed by atoms with Gasteiger partial charge in [0.25, 0.3) is 10.0 Å². The molecule has 1 aliphatic rings. The average molecular weight is 350 g/mol. The van der Waals surface area contributed by atoms with Crippen LogP contribution in [-0.2, 0) is 16.6 Å². The van der Waals surface area contributed by atoms with Crippen molar-refractivity contribution in [3.8, 4) is 0 Å². The normalized spacial score (nSPS) is 16.2. The number of hydrogen-bond acceptors (Lipinski definition) is 5. The minimum absolute atomic E-state index is 0.205. The van der Waals surface area contributed by atoms with E-state index in [-0.39, 0.29) is 12.1 Å². The molecule has 1 aliphatic heterocycles. The Bertz CT molecular complexity index is 826. The van der Waals surface area contributed by atoms with Crippen LogP contribution in [0.25, 0.3) is 0 Å². The summed E-state index contributed by atoms with van der Waals surface area (Å²) in [4.78, 5) is 15.6. The average Bonchev–Trinajstić information content (AvgIpc) is 3.01. The molecule has 1 fully saturated rings. The van der Waals surface area contributed by atoms with Crippen LogP contribution in [0.1, 0.15) is 35.3 Å². The fraction of sp³-hybridized carbons (Fsp3) is 0.400. The second kappa shape index (κ2) is 6.70. The van der Waals surface area contributed by atoms with Crippen molar-refractivity contribution < 1.29 is 18.3 Å². The van der Waals surface area contributed by atoms with E-state index in [2.05, 4.69) is 10.1 Å². The second-order valence-corrected chi connectivity index (χ2v) is 7.49. The molecule has 0 saturated carbocycles. The van der Waals surface area contributed by atoms with Gasteiger partial charge >= 0.3 is 5.97 Å². The molecule has 1 saturated heterocycles. The molecular formula is C15H18N4O4S. The molecule has 0 spiro atoms. The number of carbonyl (C=O) groups is 1. The summed E-state index contributed by atoms with van der Waals surface area (Å²) in [6, 6.07) is 5.33. The first-order valence-electron chi connectivity index (χ1n) is 7.69. The molecule has 24 heavy (non-hydrogen) atoms. The molecule has 0 aliphatic carbocycles. The van der Waals surface area contributed by atoms with Crippen LogP contribution in [-0.4, -0.2) is 51.7 Å². The molecule has 0 amide bonds. The van der Waals surface area contributed by atoms with Gasteiger partial charge in [0.15, 0.2) is 0 Å². The molecule has 0 radical (unpaired) electrons. The number of hydrogen-bond donors (Lipinski definition) is 1. The van der Waals surface area contributed by atoms with Gasteiger partial charge in [-0.15, -0.1) is 0 Å². The third-order valence-electron chi connectivity index (χ3n) is 3.91. The molecule has 128 valence electrons. The lowest BCUT2D eigenvalue weighted by Crippen LogP contribution is -2.36. The molecule has 0 unspecified atom stereocenters. The smallest absolute Gasteiger partial charge is 0.340 e. The zero-order valence-corrected chi connectivity index (χ0v) is 13.8. The Balaban J connectivity index is 1.96. The summed E-state index contributed by atoms with van der Waals surface area (Å²) in [6.45, 7) is 1.000. The van der Waals surface area contributed by atoms with Crippen molar-refractivity contribution >= 4 is 16.0 Å². The summed E-state index contributed by atoms with van der Waals surface area (Å²) in [7, 11) is -3.91. The molecule has 2 aromatic heterocycles. The number of piperidine rings is 1. The number of rotatable bonds is 5. The largest absolute Gasteiger partial charge is 0.478 e. The van der Waals surface area contributed by atoms with Crippen LogP contribution in [0, 0.1) is 0 Å². The van der Waals surface area contributed by atoms with Gasteiger partial charge in [-0.2, -0.15) is 9.40 Å². The highest BCUT2D eigenvalue weighted by Crippen LogP contribution is 2.22. The quantitative estimate of drug-likeness (QED) is 0.868. The Morgan fingerprint density at radius 2 is 1.96 bits per heavy atom. The number of carboxylic acid groups (broad SMARTS) is 1. The Morgan fingerprint density at radius 1 is 1.21 bits per heavy atom. The highest BCUT2D eigenvalue weighted by Gasteiger charge is 2.33. The summed E-state index contributed by atoms with van der Waals surface area (Å²) >= 11 is 0. The lowest BCUT2D eigenvalue weighted by molar-refractivity contribution is 0.0692. The number of pyridine rings is 1. The Morgan fingerprint density at radius 3 is 2.58 bits per heavy atom. The summed E-state index contributed by atoms with van der Waals surface area (Å²) in [5.74, 6) is -1.31.